The van der Waals surface area contributed by atoms with E-state index in [2.05, 4.69) is 54.1 Å². The van der Waals surface area contributed by atoms with Gasteiger partial charge in [0.15, 0.2) is 0 Å². The number of hydrogen-bond acceptors (Lipinski definition) is 5. The minimum Gasteiger partial charge on any atom is -0.380 e. The number of hydrogen-bond donors (Lipinski definition) is 1. The highest BCUT2D eigenvalue weighted by atomic mass is 16.5. The van der Waals surface area contributed by atoms with E-state index in [9.17, 15) is 0 Å². The molecule has 0 saturated carbocycles. The monoisotopic (exact) mass is 333 g/mol. The largest absolute Gasteiger partial charge is 0.380 e. The molecule has 2 saturated heterocycles. The van der Waals surface area contributed by atoms with E-state index in [0.717, 1.165) is 32.7 Å². The van der Waals surface area contributed by atoms with Crippen molar-refractivity contribution in [3.05, 3.63) is 23.8 Å². The Hall–Kier alpha value is -1.30. The van der Waals surface area contributed by atoms with Crippen LogP contribution in [0.5, 0.6) is 0 Å². The van der Waals surface area contributed by atoms with Crippen LogP contribution in [0, 0.1) is 0 Å². The third kappa shape index (κ3) is 3.85. The van der Waals surface area contributed by atoms with E-state index in [1.807, 2.05) is 0 Å². The zero-order chi connectivity index (χ0) is 17.1. The van der Waals surface area contributed by atoms with Gasteiger partial charge in [-0.2, -0.15) is 0 Å². The molecule has 5 nitrogen and oxygen atoms in total. The molecule has 1 N–H and O–H groups in total. The molecule has 0 aromatic heterocycles. The van der Waals surface area contributed by atoms with E-state index >= 15 is 0 Å². The van der Waals surface area contributed by atoms with E-state index in [1.54, 1.807) is 7.11 Å². The number of anilines is 2. The molecular weight excluding hydrogens is 302 g/mol. The number of rotatable bonds is 4. The van der Waals surface area contributed by atoms with Crippen LogP contribution in [0.15, 0.2) is 18.2 Å². The average molecular weight is 333 g/mol. The van der Waals surface area contributed by atoms with Crippen molar-refractivity contribution < 1.29 is 9.47 Å². The smallest absolute Gasteiger partial charge is 0.0734 e. The zero-order valence-corrected chi connectivity index (χ0v) is 15.4. The molecule has 134 valence electrons. The molecule has 0 aliphatic carbocycles. The van der Waals surface area contributed by atoms with Crippen molar-refractivity contribution in [3.63, 3.8) is 0 Å². The summed E-state index contributed by atoms with van der Waals surface area (Å²) in [6.07, 6.45) is 0.522. The first-order chi connectivity index (χ1) is 11.6. The van der Waals surface area contributed by atoms with Crippen molar-refractivity contribution >= 4 is 11.4 Å². The lowest BCUT2D eigenvalue weighted by atomic mass is 10.1. The summed E-state index contributed by atoms with van der Waals surface area (Å²) in [5.41, 5.74) is 3.85. The maximum absolute atomic E-state index is 5.88. The molecule has 2 fully saturated rings. The highest BCUT2D eigenvalue weighted by Gasteiger charge is 2.25. The molecule has 2 aliphatic rings. The first-order valence-electron chi connectivity index (χ1n) is 9.08. The molecule has 0 spiro atoms. The van der Waals surface area contributed by atoms with Gasteiger partial charge in [-0.3, -0.25) is 0 Å². The van der Waals surface area contributed by atoms with Crippen LogP contribution in [0.2, 0.25) is 0 Å². The Morgan fingerprint density at radius 2 is 1.96 bits per heavy atom. The SMILES string of the molecule is COCc1cc(N2CCNC[C@H]2C)ccc1N1C[C@@H](C)O[C@@H](C)C1. The number of ether oxygens (including phenoxy) is 2. The number of piperazine rings is 1. The lowest BCUT2D eigenvalue weighted by Crippen LogP contribution is -2.50. The normalized spacial score (nSPS) is 28.2. The van der Waals surface area contributed by atoms with Crippen LogP contribution in [0.3, 0.4) is 0 Å². The van der Waals surface area contributed by atoms with Crippen molar-refractivity contribution in [2.24, 2.45) is 0 Å². The number of nitrogens with zero attached hydrogens (tertiary/aromatic N) is 2. The van der Waals surface area contributed by atoms with Gasteiger partial charge in [-0.25, -0.2) is 0 Å². The van der Waals surface area contributed by atoms with E-state index in [-0.39, 0.29) is 12.2 Å². The zero-order valence-electron chi connectivity index (χ0n) is 15.4. The minimum atomic E-state index is 0.261. The maximum atomic E-state index is 5.88. The summed E-state index contributed by atoms with van der Waals surface area (Å²) in [7, 11) is 1.77. The fourth-order valence-electron chi connectivity index (χ4n) is 3.93. The van der Waals surface area contributed by atoms with Crippen LogP contribution < -0.4 is 15.1 Å². The lowest BCUT2D eigenvalue weighted by molar-refractivity contribution is -0.00533. The van der Waals surface area contributed by atoms with E-state index in [0.29, 0.717) is 12.6 Å². The van der Waals surface area contributed by atoms with Crippen LogP contribution in [0.4, 0.5) is 11.4 Å². The lowest BCUT2D eigenvalue weighted by Gasteiger charge is -2.39. The maximum Gasteiger partial charge on any atom is 0.0734 e. The van der Waals surface area contributed by atoms with Crippen LogP contribution in [-0.2, 0) is 16.1 Å². The molecule has 5 heteroatoms. The van der Waals surface area contributed by atoms with Gasteiger partial charge in [0.2, 0.25) is 0 Å². The van der Waals surface area contributed by atoms with Crippen LogP contribution in [0.25, 0.3) is 0 Å². The van der Waals surface area contributed by atoms with Crippen LogP contribution >= 0.6 is 0 Å². The van der Waals surface area contributed by atoms with Gasteiger partial charge in [-0.05, 0) is 39.0 Å². The molecule has 0 bridgehead atoms. The van der Waals surface area contributed by atoms with Gasteiger partial charge in [-0.1, -0.05) is 0 Å². The second-order valence-electron chi connectivity index (χ2n) is 7.15. The Balaban J connectivity index is 1.86. The third-order valence-electron chi connectivity index (χ3n) is 4.96. The van der Waals surface area contributed by atoms with Gasteiger partial charge >= 0.3 is 0 Å². The van der Waals surface area contributed by atoms with Gasteiger partial charge in [0, 0.05) is 62.8 Å². The van der Waals surface area contributed by atoms with Crippen LogP contribution in [0.1, 0.15) is 26.3 Å². The molecule has 0 unspecified atom stereocenters. The molecule has 2 aliphatic heterocycles. The van der Waals surface area contributed by atoms with Gasteiger partial charge in [0.05, 0.1) is 18.8 Å². The first-order valence-corrected chi connectivity index (χ1v) is 9.08. The molecule has 1 aromatic rings. The van der Waals surface area contributed by atoms with E-state index in [4.69, 9.17) is 9.47 Å². The second kappa shape index (κ2) is 7.72. The van der Waals surface area contributed by atoms with E-state index in [1.165, 1.54) is 16.9 Å². The Kier molecular flexibility index (Phi) is 5.64. The Labute approximate surface area is 145 Å². The van der Waals surface area contributed by atoms with Gasteiger partial charge in [0.1, 0.15) is 0 Å². The molecule has 3 rings (SSSR count). The van der Waals surface area contributed by atoms with Crippen molar-refractivity contribution in [1.29, 1.82) is 0 Å². The Bertz CT molecular complexity index is 541. The summed E-state index contributed by atoms with van der Waals surface area (Å²) in [5.74, 6) is 0. The average Bonchev–Trinajstić information content (AvgIpc) is 2.54. The number of methoxy groups -OCH3 is 1. The Morgan fingerprint density at radius 1 is 1.21 bits per heavy atom. The summed E-state index contributed by atoms with van der Waals surface area (Å²) >= 11 is 0. The number of morpholine rings is 1. The van der Waals surface area contributed by atoms with Crippen molar-refractivity contribution in [1.82, 2.24) is 5.32 Å². The van der Waals surface area contributed by atoms with Crippen molar-refractivity contribution in [3.8, 4) is 0 Å². The fourth-order valence-corrected chi connectivity index (χ4v) is 3.93. The molecule has 0 radical (unpaired) electrons. The summed E-state index contributed by atoms with van der Waals surface area (Å²) < 4.78 is 11.4. The highest BCUT2D eigenvalue weighted by Crippen LogP contribution is 2.30. The number of nitrogens with one attached hydrogen (secondary N) is 1. The fraction of sp³-hybridized carbons (Fsp3) is 0.684. The van der Waals surface area contributed by atoms with Gasteiger partial charge in [0.25, 0.3) is 0 Å². The molecule has 0 amide bonds. The molecule has 2 heterocycles. The van der Waals surface area contributed by atoms with Gasteiger partial charge in [-0.15, -0.1) is 0 Å². The van der Waals surface area contributed by atoms with Crippen molar-refractivity contribution in [2.75, 3.05) is 49.6 Å². The quantitative estimate of drug-likeness (QED) is 0.915. The standard InChI is InChI=1S/C19H31N3O2/c1-14-10-20-7-8-22(14)18-5-6-19(17(9-18)13-23-4)21-11-15(2)24-16(3)12-21/h5-6,9,14-16,20H,7-8,10-13H2,1-4H3/t14-,15-,16+/m1/s1. The topological polar surface area (TPSA) is 37.0 Å². The predicted octanol–water partition coefficient (Wildman–Crippen LogP) is 2.24. The second-order valence-corrected chi connectivity index (χ2v) is 7.15. The molecule has 3 atom stereocenters. The van der Waals surface area contributed by atoms with Gasteiger partial charge < -0.3 is 24.6 Å². The van der Waals surface area contributed by atoms with Crippen LogP contribution in [-0.4, -0.2) is 58.1 Å². The summed E-state index contributed by atoms with van der Waals surface area (Å²) in [4.78, 5) is 4.93. The summed E-state index contributed by atoms with van der Waals surface area (Å²) in [6.45, 7) is 12.2. The summed E-state index contributed by atoms with van der Waals surface area (Å²) in [6, 6.07) is 7.36. The van der Waals surface area contributed by atoms with E-state index < -0.39 is 0 Å². The van der Waals surface area contributed by atoms with Crippen molar-refractivity contribution in [2.45, 2.75) is 45.6 Å². The minimum absolute atomic E-state index is 0.261. The predicted molar refractivity (Wildman–Crippen MR) is 99.1 cm³/mol. The molecule has 1 aromatic carbocycles. The summed E-state index contributed by atoms with van der Waals surface area (Å²) in [5, 5.41) is 3.46. The third-order valence-corrected chi connectivity index (χ3v) is 4.96. The molecular formula is C19H31N3O2. The highest BCUT2D eigenvalue weighted by molar-refractivity contribution is 5.62. The Morgan fingerprint density at radius 3 is 2.62 bits per heavy atom. The number of benzene rings is 1. The first kappa shape index (κ1) is 17.5. The molecule has 24 heavy (non-hydrogen) atoms.